The van der Waals surface area contributed by atoms with Gasteiger partial charge >= 0.3 is 0 Å². The van der Waals surface area contributed by atoms with Crippen LogP contribution >= 0.6 is 11.6 Å². The molecular formula is C16H21ClN4O. The molecule has 0 aliphatic heterocycles. The predicted molar refractivity (Wildman–Crippen MR) is 91.4 cm³/mol. The van der Waals surface area contributed by atoms with Crippen molar-refractivity contribution in [3.63, 3.8) is 0 Å². The van der Waals surface area contributed by atoms with Crippen LogP contribution in [-0.4, -0.2) is 22.6 Å². The maximum absolute atomic E-state index is 6.05. The van der Waals surface area contributed by atoms with Gasteiger partial charge in [0, 0.05) is 16.6 Å². The smallest absolute Gasteiger partial charge is 0.142 e. The molecule has 0 bridgehead atoms. The molecule has 0 atom stereocenters. The van der Waals surface area contributed by atoms with E-state index < -0.39 is 0 Å². The third-order valence-corrected chi connectivity index (χ3v) is 3.00. The molecule has 5 nitrogen and oxygen atoms in total. The summed E-state index contributed by atoms with van der Waals surface area (Å²) in [6, 6.07) is 7.25. The van der Waals surface area contributed by atoms with E-state index in [1.165, 1.54) is 0 Å². The number of ether oxygens (including phenoxy) is 1. The topological polar surface area (TPSA) is 59.1 Å². The molecule has 0 fully saturated rings. The summed E-state index contributed by atoms with van der Waals surface area (Å²) in [4.78, 5) is 8.80. The normalized spacial score (nSPS) is 11.2. The average Bonchev–Trinajstić information content (AvgIpc) is 2.36. The Morgan fingerprint density at radius 2 is 1.77 bits per heavy atom. The SMILES string of the molecule is COc1ccc(Cl)cc1Nc1cc(NC(C)(C)C)nc(C)n1. The molecule has 2 N–H and O–H groups in total. The minimum atomic E-state index is -0.0776. The molecule has 1 aromatic heterocycles. The summed E-state index contributed by atoms with van der Waals surface area (Å²) in [6.07, 6.45) is 0. The van der Waals surface area contributed by atoms with E-state index in [1.807, 2.05) is 19.1 Å². The molecule has 6 heteroatoms. The molecule has 0 amide bonds. The van der Waals surface area contributed by atoms with Gasteiger partial charge in [-0.15, -0.1) is 0 Å². The Kier molecular flexibility index (Phi) is 4.76. The highest BCUT2D eigenvalue weighted by Crippen LogP contribution is 2.30. The number of benzene rings is 1. The highest BCUT2D eigenvalue weighted by molar-refractivity contribution is 6.31. The van der Waals surface area contributed by atoms with E-state index in [4.69, 9.17) is 16.3 Å². The molecule has 1 heterocycles. The van der Waals surface area contributed by atoms with Crippen molar-refractivity contribution in [2.45, 2.75) is 33.2 Å². The van der Waals surface area contributed by atoms with Crippen LogP contribution in [0.3, 0.4) is 0 Å². The molecule has 2 rings (SSSR count). The summed E-state index contributed by atoms with van der Waals surface area (Å²) in [5, 5.41) is 7.20. The van der Waals surface area contributed by atoms with Gasteiger partial charge in [-0.2, -0.15) is 0 Å². The van der Waals surface area contributed by atoms with Gasteiger partial charge in [0.1, 0.15) is 23.2 Å². The summed E-state index contributed by atoms with van der Waals surface area (Å²) in [5.74, 6) is 2.83. The second kappa shape index (κ2) is 6.40. The number of nitrogens with zero attached hydrogens (tertiary/aromatic N) is 2. The number of anilines is 3. The fourth-order valence-corrected chi connectivity index (χ4v) is 2.17. The third-order valence-electron chi connectivity index (χ3n) is 2.77. The quantitative estimate of drug-likeness (QED) is 0.874. The first-order valence-corrected chi connectivity index (χ1v) is 7.39. The molecular weight excluding hydrogens is 300 g/mol. The molecule has 0 aliphatic rings. The van der Waals surface area contributed by atoms with E-state index >= 15 is 0 Å². The van der Waals surface area contributed by atoms with Crippen LogP contribution in [0, 0.1) is 6.92 Å². The summed E-state index contributed by atoms with van der Waals surface area (Å²) in [5.41, 5.74) is 0.682. The molecule has 22 heavy (non-hydrogen) atoms. The van der Waals surface area contributed by atoms with E-state index in [1.54, 1.807) is 19.2 Å². The molecule has 0 spiro atoms. The molecule has 118 valence electrons. The lowest BCUT2D eigenvalue weighted by atomic mass is 10.1. The number of rotatable bonds is 4. The van der Waals surface area contributed by atoms with Gasteiger partial charge in [-0.05, 0) is 45.9 Å². The minimum absolute atomic E-state index is 0.0776. The fraction of sp³-hybridized carbons (Fsp3) is 0.375. The van der Waals surface area contributed by atoms with Crippen molar-refractivity contribution in [2.24, 2.45) is 0 Å². The van der Waals surface area contributed by atoms with E-state index in [9.17, 15) is 0 Å². The van der Waals surface area contributed by atoms with Crippen LogP contribution in [0.5, 0.6) is 5.75 Å². The Balaban J connectivity index is 2.32. The van der Waals surface area contributed by atoms with Crippen LogP contribution < -0.4 is 15.4 Å². The van der Waals surface area contributed by atoms with Gasteiger partial charge in [-0.3, -0.25) is 0 Å². The van der Waals surface area contributed by atoms with Gasteiger partial charge in [0.2, 0.25) is 0 Å². The van der Waals surface area contributed by atoms with Crippen molar-refractivity contribution >= 4 is 28.9 Å². The van der Waals surface area contributed by atoms with E-state index in [0.717, 1.165) is 11.5 Å². The Morgan fingerprint density at radius 3 is 2.41 bits per heavy atom. The molecule has 0 unspecified atom stereocenters. The van der Waals surface area contributed by atoms with E-state index in [-0.39, 0.29) is 5.54 Å². The molecule has 2 aromatic rings. The van der Waals surface area contributed by atoms with Crippen molar-refractivity contribution < 1.29 is 4.74 Å². The standard InChI is InChI=1S/C16H21ClN4O/c1-10-18-14(9-15(19-10)21-16(2,3)4)20-12-8-11(17)6-7-13(12)22-5/h6-9H,1-5H3,(H2,18,19,20,21). The van der Waals surface area contributed by atoms with E-state index in [2.05, 4.69) is 41.4 Å². The second-order valence-corrected chi connectivity index (χ2v) is 6.47. The summed E-state index contributed by atoms with van der Waals surface area (Å²) >= 11 is 6.05. The number of halogens is 1. The predicted octanol–water partition coefficient (Wildman–Crippen LogP) is 4.40. The lowest BCUT2D eigenvalue weighted by molar-refractivity contribution is 0.417. The zero-order valence-corrected chi connectivity index (χ0v) is 14.2. The van der Waals surface area contributed by atoms with Crippen LogP contribution in [0.4, 0.5) is 17.3 Å². The molecule has 0 saturated heterocycles. The van der Waals surface area contributed by atoms with Crippen LogP contribution in [0.1, 0.15) is 26.6 Å². The molecule has 0 radical (unpaired) electrons. The maximum Gasteiger partial charge on any atom is 0.142 e. The number of aromatic nitrogens is 2. The van der Waals surface area contributed by atoms with Crippen LogP contribution in [0.15, 0.2) is 24.3 Å². The zero-order chi connectivity index (χ0) is 16.3. The Bertz CT molecular complexity index is 668. The third kappa shape index (κ3) is 4.49. The van der Waals surface area contributed by atoms with Gasteiger partial charge in [0.05, 0.1) is 12.8 Å². The van der Waals surface area contributed by atoms with Crippen LogP contribution in [-0.2, 0) is 0 Å². The first-order chi connectivity index (χ1) is 10.3. The lowest BCUT2D eigenvalue weighted by Gasteiger charge is -2.22. The van der Waals surface area contributed by atoms with Gasteiger partial charge in [0.15, 0.2) is 0 Å². The van der Waals surface area contributed by atoms with Gasteiger partial charge in [-0.25, -0.2) is 9.97 Å². The Hall–Kier alpha value is -2.01. The summed E-state index contributed by atoms with van der Waals surface area (Å²) in [6.45, 7) is 8.10. The number of nitrogens with one attached hydrogen (secondary N) is 2. The number of methoxy groups -OCH3 is 1. The van der Waals surface area contributed by atoms with Gasteiger partial charge in [-0.1, -0.05) is 11.6 Å². The van der Waals surface area contributed by atoms with E-state index in [0.29, 0.717) is 22.4 Å². The second-order valence-electron chi connectivity index (χ2n) is 6.03. The van der Waals surface area contributed by atoms with Gasteiger partial charge in [0.25, 0.3) is 0 Å². The highest BCUT2D eigenvalue weighted by atomic mass is 35.5. The molecule has 0 saturated carbocycles. The van der Waals surface area contributed by atoms with Crippen molar-refractivity contribution in [3.8, 4) is 5.75 Å². The lowest BCUT2D eigenvalue weighted by Crippen LogP contribution is -2.26. The van der Waals surface area contributed by atoms with Crippen molar-refractivity contribution in [1.29, 1.82) is 0 Å². The van der Waals surface area contributed by atoms with Crippen LogP contribution in [0.2, 0.25) is 5.02 Å². The zero-order valence-electron chi connectivity index (χ0n) is 13.5. The minimum Gasteiger partial charge on any atom is -0.495 e. The van der Waals surface area contributed by atoms with Gasteiger partial charge < -0.3 is 15.4 Å². The number of hydrogen-bond acceptors (Lipinski definition) is 5. The monoisotopic (exact) mass is 320 g/mol. The first kappa shape index (κ1) is 16.4. The Labute approximate surface area is 136 Å². The largest absolute Gasteiger partial charge is 0.495 e. The van der Waals surface area contributed by atoms with Crippen molar-refractivity contribution in [2.75, 3.05) is 17.7 Å². The van der Waals surface area contributed by atoms with Crippen LogP contribution in [0.25, 0.3) is 0 Å². The highest BCUT2D eigenvalue weighted by Gasteiger charge is 2.12. The fourth-order valence-electron chi connectivity index (χ4n) is 2.00. The number of aryl methyl sites for hydroxylation is 1. The van der Waals surface area contributed by atoms with Crippen molar-refractivity contribution in [1.82, 2.24) is 9.97 Å². The molecule has 0 aliphatic carbocycles. The number of hydrogen-bond donors (Lipinski definition) is 2. The average molecular weight is 321 g/mol. The first-order valence-electron chi connectivity index (χ1n) is 7.01. The summed E-state index contributed by atoms with van der Waals surface area (Å²) < 4.78 is 5.33. The summed E-state index contributed by atoms with van der Waals surface area (Å²) in [7, 11) is 1.62. The molecule has 1 aromatic carbocycles. The Morgan fingerprint density at radius 1 is 1.09 bits per heavy atom. The maximum atomic E-state index is 6.05. The van der Waals surface area contributed by atoms with Crippen molar-refractivity contribution in [3.05, 3.63) is 35.1 Å².